The molecule has 0 atom stereocenters. The Labute approximate surface area is 113 Å². The summed E-state index contributed by atoms with van der Waals surface area (Å²) in [6.45, 7) is 2.61. The molecule has 0 saturated heterocycles. The van der Waals surface area contributed by atoms with Crippen LogP contribution in [0.1, 0.15) is 18.7 Å². The van der Waals surface area contributed by atoms with Gasteiger partial charge in [-0.05, 0) is 25.0 Å². The van der Waals surface area contributed by atoms with Crippen molar-refractivity contribution in [2.24, 2.45) is 0 Å². The summed E-state index contributed by atoms with van der Waals surface area (Å²) in [6, 6.07) is 9.09. The minimum Gasteiger partial charge on any atom is -0.383 e. The van der Waals surface area contributed by atoms with Gasteiger partial charge in [0.25, 0.3) is 0 Å². The van der Waals surface area contributed by atoms with E-state index in [9.17, 15) is 0 Å². The van der Waals surface area contributed by atoms with Gasteiger partial charge in [-0.2, -0.15) is 0 Å². The van der Waals surface area contributed by atoms with E-state index in [4.69, 9.17) is 9.72 Å². The lowest BCUT2D eigenvalue weighted by atomic mass is 10.3. The molecule has 1 aromatic carbocycles. The first-order chi connectivity index (χ1) is 9.38. The summed E-state index contributed by atoms with van der Waals surface area (Å²) >= 11 is 0. The second-order valence-electron chi connectivity index (χ2n) is 5.14. The van der Waals surface area contributed by atoms with Crippen LogP contribution in [0.3, 0.4) is 0 Å². The maximum atomic E-state index is 5.21. The molecule has 1 fully saturated rings. The minimum atomic E-state index is 0.726. The van der Waals surface area contributed by atoms with Gasteiger partial charge in [-0.1, -0.05) is 12.1 Å². The van der Waals surface area contributed by atoms with E-state index < -0.39 is 0 Å². The number of hydrogen-bond donors (Lipinski definition) is 1. The Morgan fingerprint density at radius 2 is 2.21 bits per heavy atom. The number of methoxy groups -OCH3 is 1. The Hall–Kier alpha value is -1.39. The first kappa shape index (κ1) is 12.6. The van der Waals surface area contributed by atoms with Gasteiger partial charge in [-0.3, -0.25) is 0 Å². The highest BCUT2D eigenvalue weighted by atomic mass is 16.5. The van der Waals surface area contributed by atoms with Crippen molar-refractivity contribution < 1.29 is 4.74 Å². The molecule has 3 rings (SSSR count). The average molecular weight is 259 g/mol. The summed E-state index contributed by atoms with van der Waals surface area (Å²) in [5.74, 6) is 1.16. The molecule has 2 aromatic rings. The molecule has 4 nitrogen and oxygen atoms in total. The maximum Gasteiger partial charge on any atom is 0.111 e. The van der Waals surface area contributed by atoms with Gasteiger partial charge < -0.3 is 14.6 Å². The maximum absolute atomic E-state index is 5.21. The van der Waals surface area contributed by atoms with Gasteiger partial charge in [0, 0.05) is 32.7 Å². The molecule has 1 N–H and O–H groups in total. The summed E-state index contributed by atoms with van der Waals surface area (Å²) in [7, 11) is 1.74. The van der Waals surface area contributed by atoms with Crippen molar-refractivity contribution >= 4 is 11.0 Å². The van der Waals surface area contributed by atoms with E-state index in [1.165, 1.54) is 18.4 Å². The third kappa shape index (κ3) is 2.96. The summed E-state index contributed by atoms with van der Waals surface area (Å²) in [5.41, 5.74) is 2.29. The van der Waals surface area contributed by atoms with E-state index >= 15 is 0 Å². The minimum absolute atomic E-state index is 0.726. The lowest BCUT2D eigenvalue weighted by molar-refractivity contribution is 0.187. The van der Waals surface area contributed by atoms with Crippen LogP contribution in [-0.2, 0) is 17.7 Å². The SMILES string of the molecule is COCCn1c(CCNC2CC2)nc2ccccc21. The molecule has 0 radical (unpaired) electrons. The van der Waals surface area contributed by atoms with Crippen LogP contribution in [0.4, 0.5) is 0 Å². The van der Waals surface area contributed by atoms with Gasteiger partial charge in [0.2, 0.25) is 0 Å². The van der Waals surface area contributed by atoms with Crippen molar-refractivity contribution in [3.05, 3.63) is 30.1 Å². The molecule has 1 aliphatic rings. The average Bonchev–Trinajstić information content (AvgIpc) is 3.18. The zero-order valence-corrected chi connectivity index (χ0v) is 11.4. The Morgan fingerprint density at radius 1 is 1.37 bits per heavy atom. The number of benzene rings is 1. The van der Waals surface area contributed by atoms with Crippen LogP contribution in [0.25, 0.3) is 11.0 Å². The Balaban J connectivity index is 1.78. The van der Waals surface area contributed by atoms with Crippen molar-refractivity contribution in [3.8, 4) is 0 Å². The van der Waals surface area contributed by atoms with Crippen molar-refractivity contribution in [1.29, 1.82) is 0 Å². The van der Waals surface area contributed by atoms with Crippen molar-refractivity contribution in [2.45, 2.75) is 31.8 Å². The van der Waals surface area contributed by atoms with Gasteiger partial charge in [-0.25, -0.2) is 4.98 Å². The quantitative estimate of drug-likeness (QED) is 0.826. The molecule has 19 heavy (non-hydrogen) atoms. The number of fused-ring (bicyclic) bond motifs is 1. The smallest absolute Gasteiger partial charge is 0.111 e. The normalized spacial score (nSPS) is 15.2. The molecule has 1 aromatic heterocycles. The van der Waals surface area contributed by atoms with Crippen LogP contribution >= 0.6 is 0 Å². The number of nitrogens with one attached hydrogen (secondary N) is 1. The van der Waals surface area contributed by atoms with E-state index in [0.29, 0.717) is 0 Å². The highest BCUT2D eigenvalue weighted by Crippen LogP contribution is 2.19. The highest BCUT2D eigenvalue weighted by Gasteiger charge is 2.20. The predicted octanol–water partition coefficient (Wildman–Crippen LogP) is 1.98. The Morgan fingerprint density at radius 3 is 3.00 bits per heavy atom. The van der Waals surface area contributed by atoms with E-state index in [-0.39, 0.29) is 0 Å². The molecule has 0 aliphatic heterocycles. The molecule has 102 valence electrons. The Bertz CT molecular complexity index is 545. The topological polar surface area (TPSA) is 39.1 Å². The molecule has 0 bridgehead atoms. The fourth-order valence-corrected chi connectivity index (χ4v) is 2.42. The van der Waals surface area contributed by atoms with Crippen molar-refractivity contribution in [1.82, 2.24) is 14.9 Å². The number of para-hydroxylation sites is 2. The number of aromatic nitrogens is 2. The van der Waals surface area contributed by atoms with E-state index in [1.54, 1.807) is 7.11 Å². The zero-order chi connectivity index (χ0) is 13.1. The van der Waals surface area contributed by atoms with Crippen LogP contribution in [-0.4, -0.2) is 35.9 Å². The van der Waals surface area contributed by atoms with Crippen molar-refractivity contribution in [3.63, 3.8) is 0 Å². The summed E-state index contributed by atoms with van der Waals surface area (Å²) in [5, 5.41) is 3.55. The number of nitrogens with zero attached hydrogens (tertiary/aromatic N) is 2. The standard InChI is InChI=1S/C15H21N3O/c1-19-11-10-18-14-5-3-2-4-13(14)17-15(18)8-9-16-12-6-7-12/h2-5,12,16H,6-11H2,1H3. The largest absolute Gasteiger partial charge is 0.383 e. The lowest BCUT2D eigenvalue weighted by Gasteiger charge is -2.09. The Kier molecular flexibility index (Phi) is 3.80. The molecule has 0 spiro atoms. The van der Waals surface area contributed by atoms with Gasteiger partial charge in [0.05, 0.1) is 17.6 Å². The fourth-order valence-electron chi connectivity index (χ4n) is 2.42. The van der Waals surface area contributed by atoms with Crippen LogP contribution < -0.4 is 5.32 Å². The lowest BCUT2D eigenvalue weighted by Crippen LogP contribution is -2.21. The third-order valence-electron chi connectivity index (χ3n) is 3.61. The van der Waals surface area contributed by atoms with E-state index in [2.05, 4.69) is 28.1 Å². The van der Waals surface area contributed by atoms with Crippen LogP contribution in [0.15, 0.2) is 24.3 Å². The van der Waals surface area contributed by atoms with E-state index in [0.717, 1.165) is 43.5 Å². The molecule has 1 aliphatic carbocycles. The molecular formula is C15H21N3O. The van der Waals surface area contributed by atoms with Gasteiger partial charge in [-0.15, -0.1) is 0 Å². The number of hydrogen-bond acceptors (Lipinski definition) is 3. The van der Waals surface area contributed by atoms with Gasteiger partial charge >= 0.3 is 0 Å². The van der Waals surface area contributed by atoms with E-state index in [1.807, 2.05) is 6.07 Å². The van der Waals surface area contributed by atoms with Crippen molar-refractivity contribution in [2.75, 3.05) is 20.3 Å². The molecule has 0 amide bonds. The first-order valence-electron chi connectivity index (χ1n) is 7.05. The predicted molar refractivity (Wildman–Crippen MR) is 76.3 cm³/mol. The number of imidazole rings is 1. The molecule has 1 saturated carbocycles. The highest BCUT2D eigenvalue weighted by molar-refractivity contribution is 5.75. The monoisotopic (exact) mass is 259 g/mol. The summed E-state index contributed by atoms with van der Waals surface area (Å²) < 4.78 is 7.49. The number of rotatable bonds is 7. The summed E-state index contributed by atoms with van der Waals surface area (Å²) in [4.78, 5) is 4.75. The zero-order valence-electron chi connectivity index (χ0n) is 11.4. The second kappa shape index (κ2) is 5.72. The van der Waals surface area contributed by atoms with Gasteiger partial charge in [0.15, 0.2) is 0 Å². The molecule has 1 heterocycles. The molecule has 0 unspecified atom stereocenters. The van der Waals surface area contributed by atoms with Crippen LogP contribution in [0, 0.1) is 0 Å². The molecule has 4 heteroatoms. The number of ether oxygens (including phenoxy) is 1. The van der Waals surface area contributed by atoms with Crippen LogP contribution in [0.5, 0.6) is 0 Å². The fraction of sp³-hybridized carbons (Fsp3) is 0.533. The third-order valence-corrected chi connectivity index (χ3v) is 3.61. The van der Waals surface area contributed by atoms with Gasteiger partial charge in [0.1, 0.15) is 5.82 Å². The van der Waals surface area contributed by atoms with Crippen LogP contribution in [0.2, 0.25) is 0 Å². The summed E-state index contributed by atoms with van der Waals surface area (Å²) in [6.07, 6.45) is 3.65. The molecular weight excluding hydrogens is 238 g/mol. The first-order valence-corrected chi connectivity index (χ1v) is 7.05. The second-order valence-corrected chi connectivity index (χ2v) is 5.14.